The fourth-order valence-electron chi connectivity index (χ4n) is 2.59. The molecule has 0 spiro atoms. The summed E-state index contributed by atoms with van der Waals surface area (Å²) < 4.78 is 11.4. The molecule has 2 aliphatic heterocycles. The lowest BCUT2D eigenvalue weighted by Crippen LogP contribution is -2.51. The molecule has 3 rings (SSSR count). The Morgan fingerprint density at radius 3 is 3.00 bits per heavy atom. The van der Waals surface area contributed by atoms with Gasteiger partial charge in [-0.15, -0.1) is 12.4 Å². The predicted octanol–water partition coefficient (Wildman–Crippen LogP) is 2.47. The topological polar surface area (TPSA) is 59.6 Å². The van der Waals surface area contributed by atoms with E-state index in [-0.39, 0.29) is 31.1 Å². The van der Waals surface area contributed by atoms with Gasteiger partial charge in [0.15, 0.2) is 11.5 Å². The summed E-state index contributed by atoms with van der Waals surface area (Å²) in [5.41, 5.74) is 0.582. The third kappa shape index (κ3) is 3.44. The van der Waals surface area contributed by atoms with E-state index in [1.807, 2.05) is 0 Å². The van der Waals surface area contributed by atoms with Crippen LogP contribution in [0.25, 0.3) is 0 Å². The Morgan fingerprint density at radius 1 is 1.43 bits per heavy atom. The Bertz CT molecular complexity index is 541. The molecule has 0 aliphatic carbocycles. The monoisotopic (exact) mass is 376 g/mol. The molecular weight excluding hydrogens is 360 g/mol. The maximum atomic E-state index is 12.4. The molecule has 1 aromatic carbocycles. The summed E-state index contributed by atoms with van der Waals surface area (Å²) in [7, 11) is 0. The standard InChI is InChI=1S/C14H17BrN2O3.ClH/c1-8-11(3-2-4-16-8)17-14(18)9-5-10(15)13-12(6-9)19-7-20-13;/h5-6,8,11,16H,2-4,7H2,1H3,(H,17,18);1H. The van der Waals surface area contributed by atoms with Crippen molar-refractivity contribution in [3.63, 3.8) is 0 Å². The van der Waals surface area contributed by atoms with E-state index >= 15 is 0 Å². The van der Waals surface area contributed by atoms with Gasteiger partial charge in [0, 0.05) is 17.6 Å². The first-order chi connectivity index (χ1) is 9.65. The Kier molecular flexibility index (Phi) is 5.35. The molecule has 0 radical (unpaired) electrons. The molecule has 1 aromatic rings. The van der Waals surface area contributed by atoms with Crippen molar-refractivity contribution in [1.29, 1.82) is 0 Å². The first-order valence-electron chi connectivity index (χ1n) is 6.78. The van der Waals surface area contributed by atoms with Gasteiger partial charge in [0.2, 0.25) is 6.79 Å². The Balaban J connectivity index is 0.00000161. The summed E-state index contributed by atoms with van der Waals surface area (Å²) in [6.07, 6.45) is 2.09. The van der Waals surface area contributed by atoms with Crippen LogP contribution in [0.2, 0.25) is 0 Å². The molecule has 116 valence electrons. The van der Waals surface area contributed by atoms with Gasteiger partial charge < -0.3 is 20.1 Å². The van der Waals surface area contributed by atoms with E-state index in [9.17, 15) is 4.79 Å². The number of carbonyl (C=O) groups is 1. The largest absolute Gasteiger partial charge is 0.454 e. The number of halogens is 2. The zero-order chi connectivity index (χ0) is 14.1. The van der Waals surface area contributed by atoms with E-state index in [1.165, 1.54) is 0 Å². The molecule has 0 saturated carbocycles. The smallest absolute Gasteiger partial charge is 0.251 e. The minimum Gasteiger partial charge on any atom is -0.454 e. The number of carbonyl (C=O) groups excluding carboxylic acids is 1. The summed E-state index contributed by atoms with van der Waals surface area (Å²) in [5, 5.41) is 6.46. The van der Waals surface area contributed by atoms with E-state index in [4.69, 9.17) is 9.47 Å². The molecule has 21 heavy (non-hydrogen) atoms. The molecule has 0 bridgehead atoms. The number of piperidine rings is 1. The van der Waals surface area contributed by atoms with Gasteiger partial charge in [-0.05, 0) is 54.4 Å². The van der Waals surface area contributed by atoms with Crippen LogP contribution in [0.3, 0.4) is 0 Å². The van der Waals surface area contributed by atoms with Gasteiger partial charge in [0.25, 0.3) is 5.91 Å². The molecule has 2 atom stereocenters. The van der Waals surface area contributed by atoms with Crippen LogP contribution < -0.4 is 20.1 Å². The first-order valence-corrected chi connectivity index (χ1v) is 7.58. The molecule has 1 fully saturated rings. The first kappa shape index (κ1) is 16.4. The van der Waals surface area contributed by atoms with E-state index < -0.39 is 0 Å². The highest BCUT2D eigenvalue weighted by Gasteiger charge is 2.25. The van der Waals surface area contributed by atoms with Crippen LogP contribution in [0.1, 0.15) is 30.1 Å². The van der Waals surface area contributed by atoms with Crippen molar-refractivity contribution in [2.24, 2.45) is 0 Å². The number of nitrogens with one attached hydrogen (secondary N) is 2. The van der Waals surface area contributed by atoms with E-state index in [2.05, 4.69) is 33.5 Å². The molecule has 5 nitrogen and oxygen atoms in total. The van der Waals surface area contributed by atoms with Gasteiger partial charge in [0.1, 0.15) is 0 Å². The Hall–Kier alpha value is -0.980. The minimum absolute atomic E-state index is 0. The van der Waals surface area contributed by atoms with Crippen molar-refractivity contribution >= 4 is 34.2 Å². The van der Waals surface area contributed by atoms with Crippen molar-refractivity contribution in [2.45, 2.75) is 31.8 Å². The van der Waals surface area contributed by atoms with Crippen LogP contribution in [0.5, 0.6) is 11.5 Å². The predicted molar refractivity (Wildman–Crippen MR) is 85.5 cm³/mol. The third-order valence-electron chi connectivity index (χ3n) is 3.77. The summed E-state index contributed by atoms with van der Waals surface area (Å²) in [5.74, 6) is 1.19. The van der Waals surface area contributed by atoms with Crippen molar-refractivity contribution in [3.05, 3.63) is 22.2 Å². The van der Waals surface area contributed by atoms with Gasteiger partial charge in [-0.2, -0.15) is 0 Å². The highest BCUT2D eigenvalue weighted by Crippen LogP contribution is 2.39. The van der Waals surface area contributed by atoms with Gasteiger partial charge in [-0.25, -0.2) is 0 Å². The Labute approximate surface area is 138 Å². The molecule has 1 amide bonds. The number of ether oxygens (including phenoxy) is 2. The summed E-state index contributed by atoms with van der Waals surface area (Å²) >= 11 is 3.41. The average Bonchev–Trinajstić information content (AvgIpc) is 2.90. The Morgan fingerprint density at radius 2 is 2.24 bits per heavy atom. The number of rotatable bonds is 2. The number of hydrogen-bond acceptors (Lipinski definition) is 4. The normalized spacial score (nSPS) is 23.3. The zero-order valence-electron chi connectivity index (χ0n) is 11.6. The SMILES string of the molecule is CC1NCCCC1NC(=O)c1cc(Br)c2c(c1)OCO2.Cl. The van der Waals surface area contributed by atoms with Crippen molar-refractivity contribution < 1.29 is 14.3 Å². The van der Waals surface area contributed by atoms with Crippen molar-refractivity contribution in [1.82, 2.24) is 10.6 Å². The second kappa shape index (κ2) is 6.85. The van der Waals surface area contributed by atoms with Crippen molar-refractivity contribution in [2.75, 3.05) is 13.3 Å². The second-order valence-corrected chi connectivity index (χ2v) is 6.01. The quantitative estimate of drug-likeness (QED) is 0.831. The maximum Gasteiger partial charge on any atom is 0.251 e. The molecule has 7 heteroatoms. The molecule has 0 aromatic heterocycles. The van der Waals surface area contributed by atoms with E-state index in [0.29, 0.717) is 23.1 Å². The highest BCUT2D eigenvalue weighted by molar-refractivity contribution is 9.10. The van der Waals surface area contributed by atoms with Gasteiger partial charge in [0.05, 0.1) is 4.47 Å². The average molecular weight is 378 g/mol. The van der Waals surface area contributed by atoms with Crippen LogP contribution in [0.15, 0.2) is 16.6 Å². The summed E-state index contributed by atoms with van der Waals surface area (Å²) in [6.45, 7) is 3.31. The van der Waals surface area contributed by atoms with E-state index in [1.54, 1.807) is 12.1 Å². The van der Waals surface area contributed by atoms with Crippen LogP contribution in [-0.2, 0) is 0 Å². The van der Waals surface area contributed by atoms with Gasteiger partial charge in [-0.3, -0.25) is 4.79 Å². The fraction of sp³-hybridized carbons (Fsp3) is 0.500. The number of fused-ring (bicyclic) bond motifs is 1. The molecular formula is C14H18BrClN2O3. The molecule has 2 N–H and O–H groups in total. The van der Waals surface area contributed by atoms with E-state index in [0.717, 1.165) is 23.9 Å². The molecule has 2 aliphatic rings. The van der Waals surface area contributed by atoms with Crippen molar-refractivity contribution in [3.8, 4) is 11.5 Å². The lowest BCUT2D eigenvalue weighted by molar-refractivity contribution is 0.0919. The minimum atomic E-state index is -0.0791. The number of benzene rings is 1. The molecule has 2 heterocycles. The zero-order valence-corrected chi connectivity index (χ0v) is 14.1. The van der Waals surface area contributed by atoms with Crippen LogP contribution in [0, 0.1) is 0 Å². The summed E-state index contributed by atoms with van der Waals surface area (Å²) in [4.78, 5) is 12.4. The van der Waals surface area contributed by atoms with Crippen LogP contribution in [-0.4, -0.2) is 31.3 Å². The van der Waals surface area contributed by atoms with Crippen LogP contribution in [0.4, 0.5) is 0 Å². The highest BCUT2D eigenvalue weighted by atomic mass is 79.9. The second-order valence-electron chi connectivity index (χ2n) is 5.16. The van der Waals surface area contributed by atoms with Gasteiger partial charge in [-0.1, -0.05) is 0 Å². The maximum absolute atomic E-state index is 12.4. The summed E-state index contributed by atoms with van der Waals surface area (Å²) in [6, 6.07) is 3.96. The van der Waals surface area contributed by atoms with Crippen LogP contribution >= 0.6 is 28.3 Å². The number of amides is 1. The molecule has 1 saturated heterocycles. The van der Waals surface area contributed by atoms with Gasteiger partial charge >= 0.3 is 0 Å². The fourth-order valence-corrected chi connectivity index (χ4v) is 3.15. The lowest BCUT2D eigenvalue weighted by atomic mass is 9.99. The number of hydrogen-bond donors (Lipinski definition) is 2. The molecule has 2 unspecified atom stereocenters. The lowest BCUT2D eigenvalue weighted by Gasteiger charge is -2.30. The third-order valence-corrected chi connectivity index (χ3v) is 4.36.